The highest BCUT2D eigenvalue weighted by Gasteiger charge is 2.27. The van der Waals surface area contributed by atoms with Gasteiger partial charge in [-0.1, -0.05) is 6.92 Å². The Morgan fingerprint density at radius 2 is 2.11 bits per heavy atom. The molecule has 2 N–H and O–H groups in total. The van der Waals surface area contributed by atoms with Crippen molar-refractivity contribution in [3.05, 3.63) is 0 Å². The number of rotatable bonds is 7. The van der Waals surface area contributed by atoms with Crippen molar-refractivity contribution in [2.75, 3.05) is 38.5 Å². The fraction of sp³-hybridized carbons (Fsp3) is 0.929. The lowest BCUT2D eigenvalue weighted by atomic mass is 10.1. The van der Waals surface area contributed by atoms with Crippen molar-refractivity contribution in [1.29, 1.82) is 0 Å². The van der Waals surface area contributed by atoms with E-state index in [2.05, 4.69) is 23.6 Å². The van der Waals surface area contributed by atoms with Crippen LogP contribution >= 0.6 is 11.8 Å². The molecule has 1 rings (SSSR count). The summed E-state index contributed by atoms with van der Waals surface area (Å²) >= 11 is 2.05. The van der Waals surface area contributed by atoms with E-state index in [1.165, 1.54) is 6.42 Å². The van der Waals surface area contributed by atoms with Crippen molar-refractivity contribution in [1.82, 2.24) is 9.80 Å². The molecule has 5 heteroatoms. The molecule has 2 atom stereocenters. The second kappa shape index (κ2) is 8.82. The van der Waals surface area contributed by atoms with Crippen LogP contribution in [-0.4, -0.2) is 65.5 Å². The molecule has 1 fully saturated rings. The number of nitrogens with two attached hydrogens (primary N) is 1. The molecule has 0 aromatic heterocycles. The maximum absolute atomic E-state index is 12.2. The van der Waals surface area contributed by atoms with Crippen LogP contribution in [0.3, 0.4) is 0 Å². The molecule has 19 heavy (non-hydrogen) atoms. The van der Waals surface area contributed by atoms with Gasteiger partial charge in [0.05, 0.1) is 0 Å². The normalized spacial score (nSPS) is 22.2. The van der Waals surface area contributed by atoms with Crippen molar-refractivity contribution in [3.8, 4) is 0 Å². The predicted molar refractivity (Wildman–Crippen MR) is 83.5 cm³/mol. The lowest BCUT2D eigenvalue weighted by Gasteiger charge is -2.37. The first-order chi connectivity index (χ1) is 9.15. The van der Waals surface area contributed by atoms with Crippen LogP contribution in [-0.2, 0) is 4.79 Å². The molecule has 112 valence electrons. The van der Waals surface area contributed by atoms with E-state index in [1.807, 2.05) is 18.7 Å². The minimum atomic E-state index is 0.211. The first-order valence-corrected chi connectivity index (χ1v) is 8.54. The van der Waals surface area contributed by atoms with E-state index in [9.17, 15) is 4.79 Å². The molecular formula is C14H29N3OS. The van der Waals surface area contributed by atoms with Crippen LogP contribution in [0, 0.1) is 0 Å². The smallest absolute Gasteiger partial charge is 0.224 e. The van der Waals surface area contributed by atoms with E-state index in [0.29, 0.717) is 18.2 Å². The third-order valence-electron chi connectivity index (χ3n) is 3.94. The Labute approximate surface area is 122 Å². The summed E-state index contributed by atoms with van der Waals surface area (Å²) in [5.41, 5.74) is 5.90. The molecule has 1 saturated heterocycles. The van der Waals surface area contributed by atoms with Gasteiger partial charge in [-0.25, -0.2) is 0 Å². The SMILES string of the molecule is CCC1CN(C(CN)CC(=O)N(CC)CC)CCS1. The van der Waals surface area contributed by atoms with E-state index in [-0.39, 0.29) is 11.9 Å². The zero-order chi connectivity index (χ0) is 14.3. The number of carbonyl (C=O) groups excluding carboxylic acids is 1. The van der Waals surface area contributed by atoms with Crippen LogP contribution in [0.15, 0.2) is 0 Å². The summed E-state index contributed by atoms with van der Waals surface area (Å²) < 4.78 is 0. The Morgan fingerprint density at radius 1 is 1.42 bits per heavy atom. The second-order valence-electron chi connectivity index (χ2n) is 5.06. The molecule has 2 unspecified atom stereocenters. The van der Waals surface area contributed by atoms with Gasteiger partial charge in [-0.15, -0.1) is 0 Å². The van der Waals surface area contributed by atoms with Crippen LogP contribution in [0.1, 0.15) is 33.6 Å². The molecule has 0 radical (unpaired) electrons. The van der Waals surface area contributed by atoms with Crippen LogP contribution in [0.25, 0.3) is 0 Å². The number of amides is 1. The molecule has 1 aliphatic rings. The molecule has 0 aromatic rings. The zero-order valence-corrected chi connectivity index (χ0v) is 13.4. The van der Waals surface area contributed by atoms with E-state index >= 15 is 0 Å². The lowest BCUT2D eigenvalue weighted by molar-refractivity contribution is -0.132. The molecule has 1 amide bonds. The molecule has 0 saturated carbocycles. The highest BCUT2D eigenvalue weighted by molar-refractivity contribution is 8.00. The molecule has 0 aliphatic carbocycles. The second-order valence-corrected chi connectivity index (χ2v) is 6.46. The average Bonchev–Trinajstić information content (AvgIpc) is 2.46. The van der Waals surface area contributed by atoms with Crippen molar-refractivity contribution in [2.45, 2.75) is 44.9 Å². The maximum Gasteiger partial charge on any atom is 0.224 e. The number of thioether (sulfide) groups is 1. The van der Waals surface area contributed by atoms with Gasteiger partial charge in [-0.3, -0.25) is 9.69 Å². The molecule has 4 nitrogen and oxygen atoms in total. The molecular weight excluding hydrogens is 258 g/mol. The molecule has 0 aromatic carbocycles. The van der Waals surface area contributed by atoms with E-state index < -0.39 is 0 Å². The minimum absolute atomic E-state index is 0.211. The standard InChI is InChI=1S/C14H29N3OS/c1-4-13-11-17(7-8-19-13)12(10-15)9-14(18)16(5-2)6-3/h12-13H,4-11,15H2,1-3H3. The topological polar surface area (TPSA) is 49.6 Å². The maximum atomic E-state index is 12.2. The monoisotopic (exact) mass is 287 g/mol. The number of hydrogen-bond acceptors (Lipinski definition) is 4. The van der Waals surface area contributed by atoms with Gasteiger partial charge in [0.2, 0.25) is 5.91 Å². The Balaban J connectivity index is 2.54. The summed E-state index contributed by atoms with van der Waals surface area (Å²) in [7, 11) is 0. The van der Waals surface area contributed by atoms with Crippen LogP contribution in [0.4, 0.5) is 0 Å². The molecule has 1 heterocycles. The first-order valence-electron chi connectivity index (χ1n) is 7.49. The number of nitrogens with zero attached hydrogens (tertiary/aromatic N) is 2. The fourth-order valence-corrected chi connectivity index (χ4v) is 3.80. The molecule has 0 spiro atoms. The molecule has 0 bridgehead atoms. The molecule has 1 aliphatic heterocycles. The highest BCUT2D eigenvalue weighted by Crippen LogP contribution is 2.23. The minimum Gasteiger partial charge on any atom is -0.343 e. The van der Waals surface area contributed by atoms with Crippen molar-refractivity contribution < 1.29 is 4.79 Å². The van der Waals surface area contributed by atoms with Gasteiger partial charge >= 0.3 is 0 Å². The van der Waals surface area contributed by atoms with Crippen molar-refractivity contribution in [2.24, 2.45) is 5.73 Å². The van der Waals surface area contributed by atoms with Crippen LogP contribution in [0.2, 0.25) is 0 Å². The van der Waals surface area contributed by atoms with Gasteiger partial charge in [-0.05, 0) is 20.3 Å². The van der Waals surface area contributed by atoms with Gasteiger partial charge in [0.1, 0.15) is 0 Å². The summed E-state index contributed by atoms with van der Waals surface area (Å²) in [4.78, 5) is 16.5. The van der Waals surface area contributed by atoms with Gasteiger partial charge in [0, 0.05) is 56.2 Å². The van der Waals surface area contributed by atoms with Gasteiger partial charge in [-0.2, -0.15) is 11.8 Å². The zero-order valence-electron chi connectivity index (χ0n) is 12.6. The summed E-state index contributed by atoms with van der Waals surface area (Å²) in [5.74, 6) is 1.40. The Bertz CT molecular complexity index is 271. The Morgan fingerprint density at radius 3 is 2.63 bits per heavy atom. The van der Waals surface area contributed by atoms with Crippen molar-refractivity contribution >= 4 is 17.7 Å². The lowest BCUT2D eigenvalue weighted by Crippen LogP contribution is -2.49. The van der Waals surface area contributed by atoms with Crippen LogP contribution in [0.5, 0.6) is 0 Å². The van der Waals surface area contributed by atoms with Gasteiger partial charge < -0.3 is 10.6 Å². The van der Waals surface area contributed by atoms with Gasteiger partial charge in [0.15, 0.2) is 0 Å². The Kier molecular flexibility index (Phi) is 7.80. The third kappa shape index (κ3) is 4.97. The number of carbonyl (C=O) groups is 1. The third-order valence-corrected chi connectivity index (χ3v) is 5.31. The summed E-state index contributed by atoms with van der Waals surface area (Å²) in [5, 5.41) is 0.700. The van der Waals surface area contributed by atoms with E-state index in [1.54, 1.807) is 0 Å². The largest absolute Gasteiger partial charge is 0.343 e. The quantitative estimate of drug-likeness (QED) is 0.769. The number of hydrogen-bond donors (Lipinski definition) is 1. The summed E-state index contributed by atoms with van der Waals surface area (Å²) in [6.45, 7) is 10.6. The summed E-state index contributed by atoms with van der Waals surface area (Å²) in [6, 6.07) is 0.211. The predicted octanol–water partition coefficient (Wildman–Crippen LogP) is 1.40. The average molecular weight is 287 g/mol. The summed E-state index contributed by atoms with van der Waals surface area (Å²) in [6.07, 6.45) is 1.77. The first kappa shape index (κ1) is 16.8. The Hall–Kier alpha value is -0.260. The van der Waals surface area contributed by atoms with E-state index in [4.69, 9.17) is 5.73 Å². The van der Waals surface area contributed by atoms with Crippen LogP contribution < -0.4 is 5.73 Å². The fourth-order valence-electron chi connectivity index (χ4n) is 2.59. The van der Waals surface area contributed by atoms with E-state index in [0.717, 1.165) is 31.9 Å². The van der Waals surface area contributed by atoms with Gasteiger partial charge in [0.25, 0.3) is 0 Å². The highest BCUT2D eigenvalue weighted by atomic mass is 32.2. The van der Waals surface area contributed by atoms with Crippen molar-refractivity contribution in [3.63, 3.8) is 0 Å².